The topological polar surface area (TPSA) is 9.23 Å². The van der Waals surface area contributed by atoms with Gasteiger partial charge in [-0.15, -0.1) is 13.2 Å². The summed E-state index contributed by atoms with van der Waals surface area (Å²) in [4.78, 5) is 3.58. The summed E-state index contributed by atoms with van der Waals surface area (Å²) in [6.07, 6.45) is 6.15. The van der Waals surface area contributed by atoms with E-state index < -0.39 is 0 Å². The molecule has 1 saturated carbocycles. The molecule has 1 aliphatic rings. The molecule has 0 saturated heterocycles. The lowest BCUT2D eigenvalue weighted by Gasteiger charge is -2.18. The second kappa shape index (κ2) is 10.6. The van der Waals surface area contributed by atoms with Crippen molar-refractivity contribution in [3.63, 3.8) is 0 Å². The van der Waals surface area contributed by atoms with Gasteiger partial charge in [0.25, 0.3) is 0 Å². The molecule has 0 spiro atoms. The lowest BCUT2D eigenvalue weighted by Crippen LogP contribution is -2.10. The molecule has 0 heterocycles. The zero-order chi connectivity index (χ0) is 8.53. The Kier molecular flexibility index (Phi) is 12.4. The van der Waals surface area contributed by atoms with E-state index in [1.165, 1.54) is 19.3 Å². The quantitative estimate of drug-likeness (QED) is 0.591. The molecule has 1 aliphatic carbocycles. The van der Waals surface area contributed by atoms with Crippen LogP contribution in [-0.2, 0) is 4.94 Å². The summed E-state index contributed by atoms with van der Waals surface area (Å²) in [5.41, 5.74) is 0. The summed E-state index contributed by atoms with van der Waals surface area (Å²) in [5.74, 6) is 0.503. The lowest BCUT2D eigenvalue weighted by molar-refractivity contribution is -0.147. The highest BCUT2D eigenvalue weighted by atomic mass is 19.3. The maximum absolute atomic E-state index is 11.3. The number of halogens is 2. The van der Waals surface area contributed by atoms with Crippen LogP contribution in [0.5, 0.6) is 0 Å². The number of hydrogen-bond donors (Lipinski definition) is 0. The SMILES string of the molecule is C=C.F.FOCC1CCCCC1. The Morgan fingerprint density at radius 3 is 2.08 bits per heavy atom. The van der Waals surface area contributed by atoms with E-state index in [0.717, 1.165) is 12.8 Å². The second-order valence-electron chi connectivity index (χ2n) is 2.78. The standard InChI is InChI=1S/C7H13FO.C2H4.FH/c8-9-6-7-4-2-1-3-5-7;1-2;/h7H,1-6H2;1-2H2;1H. The summed E-state index contributed by atoms with van der Waals surface area (Å²) in [5, 5.41) is 0. The first-order valence-electron chi connectivity index (χ1n) is 4.17. The molecule has 3 heteroatoms. The van der Waals surface area contributed by atoms with Gasteiger partial charge in [0, 0.05) is 0 Å². The molecule has 0 amide bonds. The maximum Gasteiger partial charge on any atom is 0.0904 e. The molecule has 0 aromatic rings. The Labute approximate surface area is 72.9 Å². The van der Waals surface area contributed by atoms with Gasteiger partial charge in [0.1, 0.15) is 0 Å². The zero-order valence-corrected chi connectivity index (χ0v) is 7.43. The fourth-order valence-corrected chi connectivity index (χ4v) is 1.44. The van der Waals surface area contributed by atoms with E-state index >= 15 is 0 Å². The van der Waals surface area contributed by atoms with Crippen molar-refractivity contribution in [1.82, 2.24) is 0 Å². The highest BCUT2D eigenvalue weighted by molar-refractivity contribution is 4.63. The molecule has 0 aromatic heterocycles. The van der Waals surface area contributed by atoms with Gasteiger partial charge in [-0.3, -0.25) is 4.70 Å². The second-order valence-corrected chi connectivity index (χ2v) is 2.78. The van der Waals surface area contributed by atoms with Gasteiger partial charge in [-0.25, -0.2) is 0 Å². The van der Waals surface area contributed by atoms with Crippen molar-refractivity contribution in [1.29, 1.82) is 0 Å². The van der Waals surface area contributed by atoms with E-state index in [1.807, 2.05) is 0 Å². The summed E-state index contributed by atoms with van der Waals surface area (Å²) < 4.78 is 11.3. The first kappa shape index (κ1) is 14.1. The Bertz CT molecular complexity index is 79.8. The summed E-state index contributed by atoms with van der Waals surface area (Å²) in [7, 11) is 0. The van der Waals surface area contributed by atoms with E-state index in [0.29, 0.717) is 12.5 Å². The van der Waals surface area contributed by atoms with Crippen LogP contribution in [0.1, 0.15) is 32.1 Å². The van der Waals surface area contributed by atoms with E-state index in [4.69, 9.17) is 0 Å². The zero-order valence-electron chi connectivity index (χ0n) is 7.43. The van der Waals surface area contributed by atoms with Crippen molar-refractivity contribution < 1.29 is 14.2 Å². The monoisotopic (exact) mass is 180 g/mol. The van der Waals surface area contributed by atoms with Crippen LogP contribution in [0.3, 0.4) is 0 Å². The van der Waals surface area contributed by atoms with E-state index in [1.54, 1.807) is 0 Å². The van der Waals surface area contributed by atoms with Crippen LogP contribution >= 0.6 is 0 Å². The Balaban J connectivity index is 0. The highest BCUT2D eigenvalue weighted by Gasteiger charge is 2.12. The Morgan fingerprint density at radius 2 is 1.67 bits per heavy atom. The van der Waals surface area contributed by atoms with Gasteiger partial charge in [-0.2, -0.15) is 4.94 Å². The molecule has 12 heavy (non-hydrogen) atoms. The molecule has 0 N–H and O–H groups in total. The number of rotatable bonds is 2. The van der Waals surface area contributed by atoms with Gasteiger partial charge in [0.05, 0.1) is 6.61 Å². The summed E-state index contributed by atoms with van der Waals surface area (Å²) in [6.45, 7) is 6.32. The van der Waals surface area contributed by atoms with Gasteiger partial charge in [0.15, 0.2) is 0 Å². The van der Waals surface area contributed by atoms with E-state index in [-0.39, 0.29) is 4.70 Å². The van der Waals surface area contributed by atoms with E-state index in [9.17, 15) is 4.53 Å². The maximum atomic E-state index is 11.3. The van der Waals surface area contributed by atoms with Crippen LogP contribution in [0.25, 0.3) is 0 Å². The van der Waals surface area contributed by atoms with Crippen LogP contribution in [0.15, 0.2) is 13.2 Å². The predicted octanol–water partition coefficient (Wildman–Crippen LogP) is 3.42. The van der Waals surface area contributed by atoms with Crippen molar-refractivity contribution in [2.75, 3.05) is 6.61 Å². The average Bonchev–Trinajstić information content (AvgIpc) is 2.11. The smallest absolute Gasteiger partial charge is 0.0904 e. The normalized spacial score (nSPS) is 17.1. The molecule has 1 rings (SSSR count). The van der Waals surface area contributed by atoms with Gasteiger partial charge >= 0.3 is 0 Å². The Hall–Kier alpha value is -0.440. The number of hydrogen-bond acceptors (Lipinski definition) is 1. The molecule has 0 bridgehead atoms. The predicted molar refractivity (Wildman–Crippen MR) is 47.4 cm³/mol. The van der Waals surface area contributed by atoms with Crippen molar-refractivity contribution >= 4 is 0 Å². The molecule has 0 aliphatic heterocycles. The van der Waals surface area contributed by atoms with Gasteiger partial charge in [0.2, 0.25) is 0 Å². The third-order valence-electron chi connectivity index (χ3n) is 2.02. The lowest BCUT2D eigenvalue weighted by atomic mass is 9.90. The molecule has 0 radical (unpaired) electrons. The average molecular weight is 180 g/mol. The van der Waals surface area contributed by atoms with Crippen LogP contribution in [0, 0.1) is 5.92 Å². The first-order chi connectivity index (χ1) is 5.43. The van der Waals surface area contributed by atoms with Crippen LogP contribution in [0.2, 0.25) is 0 Å². The molecule has 74 valence electrons. The Morgan fingerprint density at radius 1 is 1.17 bits per heavy atom. The fourth-order valence-electron chi connectivity index (χ4n) is 1.44. The molecular formula is C9H18F2O. The third kappa shape index (κ3) is 6.28. The molecule has 0 atom stereocenters. The molecule has 0 aromatic carbocycles. The van der Waals surface area contributed by atoms with Crippen molar-refractivity contribution in [2.24, 2.45) is 5.92 Å². The van der Waals surface area contributed by atoms with Crippen molar-refractivity contribution in [3.05, 3.63) is 13.2 Å². The highest BCUT2D eigenvalue weighted by Crippen LogP contribution is 2.23. The van der Waals surface area contributed by atoms with Crippen molar-refractivity contribution in [2.45, 2.75) is 32.1 Å². The summed E-state index contributed by atoms with van der Waals surface area (Å²) >= 11 is 0. The minimum Gasteiger partial charge on any atom is -0.269 e. The first-order valence-corrected chi connectivity index (χ1v) is 4.17. The van der Waals surface area contributed by atoms with E-state index in [2.05, 4.69) is 18.1 Å². The van der Waals surface area contributed by atoms with Gasteiger partial charge in [-0.05, 0) is 23.3 Å². The molecule has 1 nitrogen and oxygen atoms in total. The minimum absolute atomic E-state index is 0. The van der Waals surface area contributed by atoms with Crippen molar-refractivity contribution in [3.8, 4) is 0 Å². The van der Waals surface area contributed by atoms with Gasteiger partial charge in [-0.1, -0.05) is 19.3 Å². The summed E-state index contributed by atoms with van der Waals surface area (Å²) in [6, 6.07) is 0. The molecule has 0 unspecified atom stereocenters. The van der Waals surface area contributed by atoms with Crippen LogP contribution in [-0.4, -0.2) is 6.61 Å². The van der Waals surface area contributed by atoms with Gasteiger partial charge < -0.3 is 0 Å². The fraction of sp³-hybridized carbons (Fsp3) is 0.778. The van der Waals surface area contributed by atoms with Crippen LogP contribution < -0.4 is 0 Å². The van der Waals surface area contributed by atoms with Crippen LogP contribution in [0.4, 0.5) is 9.23 Å². The molecular weight excluding hydrogens is 162 g/mol. The molecule has 1 fully saturated rings. The third-order valence-corrected chi connectivity index (χ3v) is 2.02. The largest absolute Gasteiger partial charge is 0.269 e. The minimum atomic E-state index is 0.